The van der Waals surface area contributed by atoms with Crippen LogP contribution in [0, 0.1) is 16.0 Å². The predicted octanol–water partition coefficient (Wildman–Crippen LogP) is 3.98. The number of hydrogen-bond donors (Lipinski definition) is 1. The van der Waals surface area contributed by atoms with Crippen molar-refractivity contribution in [2.24, 2.45) is 5.92 Å². The summed E-state index contributed by atoms with van der Waals surface area (Å²) < 4.78 is 28.3. The van der Waals surface area contributed by atoms with E-state index in [-0.39, 0.29) is 34.6 Å². The lowest BCUT2D eigenvalue weighted by atomic mass is 10.1. The second-order valence-corrected chi connectivity index (χ2v) is 11.3. The molecule has 0 aliphatic heterocycles. The Bertz CT molecular complexity index is 1400. The summed E-state index contributed by atoms with van der Waals surface area (Å²) in [6.07, 6.45) is 0. The molecule has 3 aromatic carbocycles. The van der Waals surface area contributed by atoms with Crippen molar-refractivity contribution >= 4 is 33.2 Å². The summed E-state index contributed by atoms with van der Waals surface area (Å²) in [6, 6.07) is 20.7. The maximum absolute atomic E-state index is 13.8. The molecule has 206 valence electrons. The molecular weight excluding hydrogens is 520 g/mol. The first-order valence-electron chi connectivity index (χ1n) is 12.4. The third kappa shape index (κ3) is 7.64. The van der Waals surface area contributed by atoms with Crippen LogP contribution in [0.25, 0.3) is 0 Å². The van der Waals surface area contributed by atoms with Crippen LogP contribution in [0.5, 0.6) is 0 Å². The van der Waals surface area contributed by atoms with Gasteiger partial charge in [-0.2, -0.15) is 0 Å². The molecule has 2 amide bonds. The lowest BCUT2D eigenvalue weighted by Gasteiger charge is -2.32. The Morgan fingerprint density at radius 3 is 2.13 bits per heavy atom. The molecule has 0 fully saturated rings. The summed E-state index contributed by atoms with van der Waals surface area (Å²) >= 11 is 0. The molecule has 11 heteroatoms. The summed E-state index contributed by atoms with van der Waals surface area (Å²) in [5.41, 5.74) is 0.385. The zero-order valence-electron chi connectivity index (χ0n) is 22.1. The number of sulfonamides is 1. The van der Waals surface area contributed by atoms with Gasteiger partial charge in [0.25, 0.3) is 15.7 Å². The van der Waals surface area contributed by atoms with E-state index in [4.69, 9.17) is 0 Å². The lowest BCUT2D eigenvalue weighted by Crippen LogP contribution is -2.51. The van der Waals surface area contributed by atoms with Crippen LogP contribution in [0.3, 0.4) is 0 Å². The number of rotatable bonds is 12. The van der Waals surface area contributed by atoms with Crippen LogP contribution in [-0.4, -0.2) is 49.2 Å². The van der Waals surface area contributed by atoms with Crippen molar-refractivity contribution in [3.63, 3.8) is 0 Å². The van der Waals surface area contributed by atoms with Gasteiger partial charge in [-0.15, -0.1) is 0 Å². The van der Waals surface area contributed by atoms with E-state index in [2.05, 4.69) is 5.32 Å². The number of non-ortho nitro benzene ring substituents is 1. The van der Waals surface area contributed by atoms with Gasteiger partial charge < -0.3 is 10.2 Å². The molecule has 0 saturated heterocycles. The van der Waals surface area contributed by atoms with E-state index in [1.807, 2.05) is 19.9 Å². The van der Waals surface area contributed by atoms with Crippen LogP contribution >= 0.6 is 0 Å². The van der Waals surface area contributed by atoms with E-state index in [0.717, 1.165) is 15.9 Å². The van der Waals surface area contributed by atoms with E-state index in [1.54, 1.807) is 49.4 Å². The molecule has 0 aliphatic rings. The number of anilines is 1. The van der Waals surface area contributed by atoms with Crippen molar-refractivity contribution in [2.75, 3.05) is 17.4 Å². The molecule has 0 radical (unpaired) electrons. The minimum atomic E-state index is -4.30. The van der Waals surface area contributed by atoms with Gasteiger partial charge in [-0.1, -0.05) is 68.4 Å². The summed E-state index contributed by atoms with van der Waals surface area (Å²) in [4.78, 5) is 38.8. The van der Waals surface area contributed by atoms with Crippen molar-refractivity contribution in [1.29, 1.82) is 0 Å². The number of carbonyl (C=O) groups excluding carboxylic acids is 2. The third-order valence-electron chi connectivity index (χ3n) is 5.99. The van der Waals surface area contributed by atoms with Crippen LogP contribution in [-0.2, 0) is 26.2 Å². The monoisotopic (exact) mass is 552 g/mol. The number of benzene rings is 3. The Balaban J connectivity index is 2.03. The molecule has 0 saturated carbocycles. The second-order valence-electron chi connectivity index (χ2n) is 9.42. The molecule has 0 heterocycles. The highest BCUT2D eigenvalue weighted by atomic mass is 32.2. The Morgan fingerprint density at radius 1 is 0.923 bits per heavy atom. The molecule has 3 rings (SSSR count). The molecule has 0 aliphatic carbocycles. The third-order valence-corrected chi connectivity index (χ3v) is 7.77. The van der Waals surface area contributed by atoms with Crippen LogP contribution in [0.15, 0.2) is 89.8 Å². The summed E-state index contributed by atoms with van der Waals surface area (Å²) in [5.74, 6) is -0.822. The topological polar surface area (TPSA) is 130 Å². The number of amides is 2. The van der Waals surface area contributed by atoms with Crippen LogP contribution < -0.4 is 9.62 Å². The fourth-order valence-electron chi connectivity index (χ4n) is 3.83. The first kappa shape index (κ1) is 29.3. The van der Waals surface area contributed by atoms with Gasteiger partial charge in [0.1, 0.15) is 12.6 Å². The van der Waals surface area contributed by atoms with Gasteiger partial charge in [-0.25, -0.2) is 8.42 Å². The normalized spacial score (nSPS) is 12.0. The molecular formula is C28H32N4O6S. The van der Waals surface area contributed by atoms with Crippen molar-refractivity contribution in [2.45, 2.75) is 38.3 Å². The fourth-order valence-corrected chi connectivity index (χ4v) is 5.25. The first-order valence-corrected chi connectivity index (χ1v) is 13.9. The van der Waals surface area contributed by atoms with Crippen molar-refractivity contribution in [3.05, 3.63) is 101 Å². The number of nitro groups is 1. The van der Waals surface area contributed by atoms with E-state index in [1.165, 1.54) is 35.2 Å². The van der Waals surface area contributed by atoms with Crippen molar-refractivity contribution in [3.8, 4) is 0 Å². The number of nitro benzene ring substituents is 1. The smallest absolute Gasteiger partial charge is 0.271 e. The molecule has 1 atom stereocenters. The zero-order chi connectivity index (χ0) is 28.6. The molecule has 1 N–H and O–H groups in total. The van der Waals surface area contributed by atoms with Crippen LogP contribution in [0.4, 0.5) is 11.4 Å². The highest BCUT2D eigenvalue weighted by Crippen LogP contribution is 2.27. The van der Waals surface area contributed by atoms with Crippen LogP contribution in [0.1, 0.15) is 26.3 Å². The summed E-state index contributed by atoms with van der Waals surface area (Å²) in [6.45, 7) is 5.28. The highest BCUT2D eigenvalue weighted by molar-refractivity contribution is 7.92. The van der Waals surface area contributed by atoms with Crippen molar-refractivity contribution in [1.82, 2.24) is 10.2 Å². The quantitative estimate of drug-likeness (QED) is 0.267. The van der Waals surface area contributed by atoms with E-state index in [9.17, 15) is 28.1 Å². The SMILES string of the molecule is CC(C)CNC(=O)[C@@H](C)N(Cc1ccccc1)C(=O)CN(c1cccc([N+](=O)[O-])c1)S(=O)(=O)c1ccccc1. The van der Waals surface area contributed by atoms with Gasteiger partial charge in [0.2, 0.25) is 11.8 Å². The Kier molecular flexibility index (Phi) is 9.78. The molecule has 0 spiro atoms. The Labute approximate surface area is 228 Å². The first-order chi connectivity index (χ1) is 18.5. The van der Waals surface area contributed by atoms with Crippen LogP contribution in [0.2, 0.25) is 0 Å². The zero-order valence-corrected chi connectivity index (χ0v) is 22.9. The Hall–Kier alpha value is -4.25. The van der Waals surface area contributed by atoms with Gasteiger partial charge in [0.05, 0.1) is 15.5 Å². The molecule has 0 bridgehead atoms. The minimum Gasteiger partial charge on any atom is -0.354 e. The largest absolute Gasteiger partial charge is 0.354 e. The maximum Gasteiger partial charge on any atom is 0.271 e. The molecule has 0 unspecified atom stereocenters. The molecule has 39 heavy (non-hydrogen) atoms. The summed E-state index contributed by atoms with van der Waals surface area (Å²) in [7, 11) is -4.30. The standard InChI is InChI=1S/C28H32N4O6S/c1-21(2)18-29-28(34)22(3)30(19-23-11-6-4-7-12-23)27(33)20-31(24-13-10-14-25(17-24)32(35)36)39(37,38)26-15-8-5-9-16-26/h4-17,21-22H,18-20H2,1-3H3,(H,29,34)/t22-/m1/s1. The van der Waals surface area contributed by atoms with Gasteiger partial charge in [0, 0.05) is 25.2 Å². The number of nitrogens with one attached hydrogen (secondary N) is 1. The average Bonchev–Trinajstić information content (AvgIpc) is 2.93. The van der Waals surface area contributed by atoms with Gasteiger partial charge in [-0.05, 0) is 36.6 Å². The van der Waals surface area contributed by atoms with Gasteiger partial charge in [-0.3, -0.25) is 24.0 Å². The number of carbonyl (C=O) groups is 2. The number of nitrogens with zero attached hydrogens (tertiary/aromatic N) is 3. The van der Waals surface area contributed by atoms with Crippen molar-refractivity contribution < 1.29 is 22.9 Å². The van der Waals surface area contributed by atoms with Gasteiger partial charge >= 0.3 is 0 Å². The maximum atomic E-state index is 13.8. The second kappa shape index (κ2) is 13.0. The predicted molar refractivity (Wildman–Crippen MR) is 148 cm³/mol. The highest BCUT2D eigenvalue weighted by Gasteiger charge is 2.33. The van der Waals surface area contributed by atoms with E-state index >= 15 is 0 Å². The summed E-state index contributed by atoms with van der Waals surface area (Å²) in [5, 5.41) is 14.2. The van der Waals surface area contributed by atoms with E-state index < -0.39 is 33.4 Å². The molecule has 10 nitrogen and oxygen atoms in total. The Morgan fingerprint density at radius 2 is 1.54 bits per heavy atom. The minimum absolute atomic E-state index is 0.0435. The lowest BCUT2D eigenvalue weighted by molar-refractivity contribution is -0.384. The molecule has 3 aromatic rings. The van der Waals surface area contributed by atoms with Gasteiger partial charge in [0.15, 0.2) is 0 Å². The average molecular weight is 553 g/mol. The molecule has 0 aromatic heterocycles. The van der Waals surface area contributed by atoms with E-state index in [0.29, 0.717) is 6.54 Å². The fraction of sp³-hybridized carbons (Fsp3) is 0.286. The number of hydrogen-bond acceptors (Lipinski definition) is 6.